The van der Waals surface area contributed by atoms with Gasteiger partial charge >= 0.3 is 0 Å². The molecule has 0 spiro atoms. The van der Waals surface area contributed by atoms with Crippen LogP contribution in [0.2, 0.25) is 0 Å². The second kappa shape index (κ2) is 5.02. The first-order valence-electron chi connectivity index (χ1n) is 6.34. The van der Waals surface area contributed by atoms with Crippen molar-refractivity contribution in [2.45, 2.75) is 6.04 Å². The third kappa shape index (κ3) is 2.40. The predicted molar refractivity (Wildman–Crippen MR) is 76.3 cm³/mol. The summed E-state index contributed by atoms with van der Waals surface area (Å²) in [7, 11) is 0. The fourth-order valence-corrected chi connectivity index (χ4v) is 2.35. The molecular weight excluding hydrogens is 256 g/mol. The Kier molecular flexibility index (Phi) is 3.20. The summed E-state index contributed by atoms with van der Waals surface area (Å²) in [5.41, 5.74) is 7.37. The van der Waals surface area contributed by atoms with E-state index in [9.17, 15) is 8.78 Å². The molecule has 100 valence electrons. The summed E-state index contributed by atoms with van der Waals surface area (Å²) in [6.07, 6.45) is 0. The molecule has 0 aliphatic carbocycles. The fraction of sp³-hybridized carbons (Fsp3) is 0.0588. The first kappa shape index (κ1) is 12.8. The third-order valence-electron chi connectivity index (χ3n) is 3.38. The van der Waals surface area contributed by atoms with E-state index < -0.39 is 17.7 Å². The normalized spacial score (nSPS) is 12.6. The lowest BCUT2D eigenvalue weighted by atomic mass is 9.97. The van der Waals surface area contributed by atoms with Gasteiger partial charge in [0.2, 0.25) is 0 Å². The number of hydrogen-bond donors (Lipinski definition) is 1. The van der Waals surface area contributed by atoms with E-state index in [-0.39, 0.29) is 0 Å². The van der Waals surface area contributed by atoms with E-state index in [0.717, 1.165) is 22.4 Å². The molecule has 0 radical (unpaired) electrons. The van der Waals surface area contributed by atoms with Gasteiger partial charge in [-0.1, -0.05) is 36.4 Å². The Bertz CT molecular complexity index is 748. The van der Waals surface area contributed by atoms with Crippen LogP contribution in [0.5, 0.6) is 0 Å². The van der Waals surface area contributed by atoms with Crippen molar-refractivity contribution < 1.29 is 8.78 Å². The first-order valence-corrected chi connectivity index (χ1v) is 6.34. The minimum Gasteiger partial charge on any atom is -0.320 e. The van der Waals surface area contributed by atoms with Crippen molar-refractivity contribution >= 4 is 10.8 Å². The highest BCUT2D eigenvalue weighted by molar-refractivity contribution is 5.83. The van der Waals surface area contributed by atoms with Crippen molar-refractivity contribution in [3.63, 3.8) is 0 Å². The van der Waals surface area contributed by atoms with Gasteiger partial charge in [0.25, 0.3) is 0 Å². The van der Waals surface area contributed by atoms with Gasteiger partial charge in [0.1, 0.15) is 11.6 Å². The minimum absolute atomic E-state index is 0.429. The van der Waals surface area contributed by atoms with Crippen LogP contribution in [0, 0.1) is 11.6 Å². The van der Waals surface area contributed by atoms with E-state index in [1.54, 1.807) is 0 Å². The largest absolute Gasteiger partial charge is 0.320 e. The fourth-order valence-electron chi connectivity index (χ4n) is 2.35. The number of hydrogen-bond acceptors (Lipinski definition) is 1. The summed E-state index contributed by atoms with van der Waals surface area (Å²) in [6, 6.07) is 16.5. The van der Waals surface area contributed by atoms with Gasteiger partial charge in [-0.25, -0.2) is 8.78 Å². The number of fused-ring (bicyclic) bond motifs is 1. The SMILES string of the molecule is NC(c1cc(F)cc(F)c1)c1ccc2ccccc2c1. The monoisotopic (exact) mass is 269 g/mol. The molecule has 3 heteroatoms. The summed E-state index contributed by atoms with van der Waals surface area (Å²) in [4.78, 5) is 0. The number of benzene rings is 3. The molecule has 0 heterocycles. The van der Waals surface area contributed by atoms with Crippen LogP contribution in [-0.2, 0) is 0 Å². The molecule has 0 aliphatic rings. The van der Waals surface area contributed by atoms with Crippen LogP contribution in [0.1, 0.15) is 17.2 Å². The molecule has 0 saturated heterocycles. The second-order valence-electron chi connectivity index (χ2n) is 4.79. The van der Waals surface area contributed by atoms with Crippen molar-refractivity contribution in [3.05, 3.63) is 83.4 Å². The van der Waals surface area contributed by atoms with Crippen LogP contribution >= 0.6 is 0 Å². The molecule has 3 aromatic rings. The van der Waals surface area contributed by atoms with Gasteiger partial charge < -0.3 is 5.73 Å². The van der Waals surface area contributed by atoms with Crippen LogP contribution < -0.4 is 5.73 Å². The molecule has 3 aromatic carbocycles. The van der Waals surface area contributed by atoms with E-state index in [4.69, 9.17) is 5.73 Å². The molecule has 20 heavy (non-hydrogen) atoms. The van der Waals surface area contributed by atoms with Crippen LogP contribution in [0.25, 0.3) is 10.8 Å². The highest BCUT2D eigenvalue weighted by Crippen LogP contribution is 2.24. The molecule has 3 rings (SSSR count). The number of halogens is 2. The summed E-state index contributed by atoms with van der Waals surface area (Å²) >= 11 is 0. The predicted octanol–water partition coefficient (Wildman–Crippen LogP) is 4.17. The Morgan fingerprint density at radius 3 is 2.05 bits per heavy atom. The zero-order valence-electron chi connectivity index (χ0n) is 10.7. The lowest BCUT2D eigenvalue weighted by molar-refractivity contribution is 0.577. The topological polar surface area (TPSA) is 26.0 Å². The zero-order chi connectivity index (χ0) is 14.1. The van der Waals surface area contributed by atoms with E-state index >= 15 is 0 Å². The Morgan fingerprint density at radius 2 is 1.35 bits per heavy atom. The number of nitrogens with two attached hydrogens (primary N) is 1. The molecule has 0 saturated carbocycles. The summed E-state index contributed by atoms with van der Waals surface area (Å²) in [5, 5.41) is 2.16. The van der Waals surface area contributed by atoms with E-state index in [1.165, 1.54) is 12.1 Å². The minimum atomic E-state index is -0.615. The molecule has 0 bridgehead atoms. The lowest BCUT2D eigenvalue weighted by Crippen LogP contribution is -2.12. The highest BCUT2D eigenvalue weighted by Gasteiger charge is 2.12. The Morgan fingerprint density at radius 1 is 0.700 bits per heavy atom. The van der Waals surface area contributed by atoms with Gasteiger partial charge in [0.05, 0.1) is 6.04 Å². The average Bonchev–Trinajstić information content (AvgIpc) is 2.45. The molecule has 0 fully saturated rings. The van der Waals surface area contributed by atoms with Crippen molar-refractivity contribution in [1.29, 1.82) is 0 Å². The highest BCUT2D eigenvalue weighted by atomic mass is 19.1. The van der Waals surface area contributed by atoms with Crippen molar-refractivity contribution in [1.82, 2.24) is 0 Å². The van der Waals surface area contributed by atoms with E-state index in [0.29, 0.717) is 5.56 Å². The van der Waals surface area contributed by atoms with E-state index in [2.05, 4.69) is 0 Å². The Balaban J connectivity index is 2.05. The van der Waals surface area contributed by atoms with Crippen LogP contribution in [-0.4, -0.2) is 0 Å². The van der Waals surface area contributed by atoms with Gasteiger partial charge in [-0.3, -0.25) is 0 Å². The van der Waals surface area contributed by atoms with E-state index in [1.807, 2.05) is 42.5 Å². The molecular formula is C17H13F2N. The summed E-state index contributed by atoms with van der Waals surface area (Å²) in [6.45, 7) is 0. The standard InChI is InChI=1S/C17H13F2N/c18-15-8-14(9-16(19)10-15)17(20)13-6-5-11-3-1-2-4-12(11)7-13/h1-10,17H,20H2. The summed E-state index contributed by atoms with van der Waals surface area (Å²) < 4.78 is 26.5. The molecule has 1 nitrogen and oxygen atoms in total. The van der Waals surface area contributed by atoms with Gasteiger partial charge in [0.15, 0.2) is 0 Å². The maximum atomic E-state index is 13.3. The second-order valence-corrected chi connectivity index (χ2v) is 4.79. The zero-order valence-corrected chi connectivity index (χ0v) is 10.7. The first-order chi connectivity index (χ1) is 9.63. The van der Waals surface area contributed by atoms with Gasteiger partial charge in [0, 0.05) is 6.07 Å². The van der Waals surface area contributed by atoms with Crippen molar-refractivity contribution in [3.8, 4) is 0 Å². The quantitative estimate of drug-likeness (QED) is 0.742. The van der Waals surface area contributed by atoms with Crippen molar-refractivity contribution in [2.75, 3.05) is 0 Å². The van der Waals surface area contributed by atoms with Crippen LogP contribution in [0.4, 0.5) is 8.78 Å². The molecule has 0 aliphatic heterocycles. The molecule has 2 N–H and O–H groups in total. The lowest BCUT2D eigenvalue weighted by Gasteiger charge is -2.14. The Hall–Kier alpha value is -2.26. The maximum Gasteiger partial charge on any atom is 0.126 e. The van der Waals surface area contributed by atoms with Crippen molar-refractivity contribution in [2.24, 2.45) is 5.73 Å². The maximum absolute atomic E-state index is 13.3. The van der Waals surface area contributed by atoms with Crippen LogP contribution in [0.15, 0.2) is 60.7 Å². The average molecular weight is 269 g/mol. The molecule has 1 atom stereocenters. The smallest absolute Gasteiger partial charge is 0.126 e. The van der Waals surface area contributed by atoms with Gasteiger partial charge in [-0.15, -0.1) is 0 Å². The van der Waals surface area contributed by atoms with Gasteiger partial charge in [-0.2, -0.15) is 0 Å². The molecule has 0 aromatic heterocycles. The van der Waals surface area contributed by atoms with Gasteiger partial charge in [-0.05, 0) is 40.1 Å². The Labute approximate surface area is 115 Å². The molecule has 0 amide bonds. The summed E-state index contributed by atoms with van der Waals surface area (Å²) in [5.74, 6) is -1.23. The number of rotatable bonds is 2. The molecule has 1 unspecified atom stereocenters. The third-order valence-corrected chi connectivity index (χ3v) is 3.38. The van der Waals surface area contributed by atoms with Crippen LogP contribution in [0.3, 0.4) is 0 Å².